The molecule has 22 heavy (non-hydrogen) atoms. The van der Waals surface area contributed by atoms with Crippen LogP contribution in [-0.4, -0.2) is 31.8 Å². The van der Waals surface area contributed by atoms with Crippen LogP contribution in [0.2, 0.25) is 10.0 Å². The molecule has 0 atom stereocenters. The second-order valence-corrected chi connectivity index (χ2v) is 4.80. The van der Waals surface area contributed by atoms with Crippen LogP contribution in [0.5, 0.6) is 0 Å². The minimum Gasteiger partial charge on any atom is -0.390 e. The highest BCUT2D eigenvalue weighted by Gasteiger charge is 2.14. The van der Waals surface area contributed by atoms with Gasteiger partial charge in [0.05, 0.1) is 11.2 Å². The topological polar surface area (TPSA) is 115 Å². The normalized spacial score (nSPS) is 10.8. The third-order valence-electron chi connectivity index (χ3n) is 2.35. The summed E-state index contributed by atoms with van der Waals surface area (Å²) in [5, 5.41) is 18.5. The first-order chi connectivity index (χ1) is 10.5. The summed E-state index contributed by atoms with van der Waals surface area (Å²) < 4.78 is 1.03. The molecule has 11 heteroatoms. The van der Waals surface area contributed by atoms with Gasteiger partial charge in [-0.05, 0) is 17.1 Å². The van der Waals surface area contributed by atoms with Crippen molar-refractivity contribution in [3.05, 3.63) is 50.2 Å². The molecule has 9 nitrogen and oxygen atoms in total. The molecule has 0 aliphatic carbocycles. The number of nitro groups is 1. The van der Waals surface area contributed by atoms with Crippen molar-refractivity contribution < 1.29 is 9.72 Å². The maximum absolute atomic E-state index is 11.6. The smallest absolute Gasteiger partial charge is 0.390 e. The third-order valence-corrected chi connectivity index (χ3v) is 2.91. The van der Waals surface area contributed by atoms with Crippen molar-refractivity contribution in [2.75, 3.05) is 0 Å². The maximum atomic E-state index is 11.6. The number of hydrogen-bond donors (Lipinski definition) is 1. The Morgan fingerprint density at radius 2 is 2.27 bits per heavy atom. The molecule has 1 amide bonds. The monoisotopic (exact) mass is 342 g/mol. The maximum Gasteiger partial charge on any atom is 0.490 e. The van der Waals surface area contributed by atoms with Crippen LogP contribution < -0.4 is 5.43 Å². The lowest BCUT2D eigenvalue weighted by atomic mass is 10.2. The van der Waals surface area contributed by atoms with E-state index in [4.69, 9.17) is 23.2 Å². The molecular weight excluding hydrogens is 335 g/mol. The molecule has 1 aromatic heterocycles. The molecule has 0 unspecified atom stereocenters. The van der Waals surface area contributed by atoms with Crippen LogP contribution in [0.4, 0.5) is 5.95 Å². The zero-order valence-corrected chi connectivity index (χ0v) is 12.3. The third kappa shape index (κ3) is 4.24. The summed E-state index contributed by atoms with van der Waals surface area (Å²) in [7, 11) is 0. The summed E-state index contributed by atoms with van der Waals surface area (Å²) in [6, 6.07) is 4.81. The number of nitrogens with one attached hydrogen (secondary N) is 1. The van der Waals surface area contributed by atoms with Gasteiger partial charge in [0, 0.05) is 15.7 Å². The predicted octanol–water partition coefficient (Wildman–Crippen LogP) is 1.64. The van der Waals surface area contributed by atoms with Crippen molar-refractivity contribution in [2.24, 2.45) is 5.10 Å². The first-order valence-corrected chi connectivity index (χ1v) is 6.52. The minimum absolute atomic E-state index is 0.257. The van der Waals surface area contributed by atoms with Gasteiger partial charge in [0.1, 0.15) is 6.54 Å². The molecule has 0 bridgehead atoms. The molecule has 1 aromatic carbocycles. The lowest BCUT2D eigenvalue weighted by Gasteiger charge is -1.99. The Morgan fingerprint density at radius 3 is 2.91 bits per heavy atom. The van der Waals surface area contributed by atoms with Crippen molar-refractivity contribution in [2.45, 2.75) is 6.54 Å². The number of hydrazone groups is 1. The SMILES string of the molecule is O=C(Cn1cnc([N+](=O)[O-])n1)N/N=C/c1ccc(Cl)cc1Cl. The van der Waals surface area contributed by atoms with E-state index in [9.17, 15) is 14.9 Å². The van der Waals surface area contributed by atoms with Crippen LogP contribution in [0.25, 0.3) is 0 Å². The fourth-order valence-corrected chi connectivity index (χ4v) is 1.86. The lowest BCUT2D eigenvalue weighted by Crippen LogP contribution is -2.23. The van der Waals surface area contributed by atoms with Crippen molar-refractivity contribution >= 4 is 41.3 Å². The zero-order chi connectivity index (χ0) is 16.1. The number of carbonyl (C=O) groups is 1. The molecule has 0 radical (unpaired) electrons. The van der Waals surface area contributed by atoms with Crippen molar-refractivity contribution in [1.29, 1.82) is 0 Å². The highest BCUT2D eigenvalue weighted by molar-refractivity contribution is 6.36. The first-order valence-electron chi connectivity index (χ1n) is 5.76. The standard InChI is InChI=1S/C11H8Cl2N6O3/c12-8-2-1-7(9(13)3-8)4-15-16-10(20)5-18-6-14-11(17-18)19(21)22/h1-4,6H,5H2,(H,16,20)/b15-4+. The second-order valence-electron chi connectivity index (χ2n) is 3.96. The molecule has 0 aliphatic heterocycles. The Hall–Kier alpha value is -2.52. The van der Waals surface area contributed by atoms with Crippen molar-refractivity contribution in [3.63, 3.8) is 0 Å². The van der Waals surface area contributed by atoms with Crippen LogP contribution in [0.1, 0.15) is 5.56 Å². The van der Waals surface area contributed by atoms with E-state index < -0.39 is 16.8 Å². The summed E-state index contributed by atoms with van der Waals surface area (Å²) in [5.74, 6) is -1.11. The second kappa shape index (κ2) is 6.96. The number of benzene rings is 1. The molecule has 2 aromatic rings. The Labute approximate surface area is 133 Å². The summed E-state index contributed by atoms with van der Waals surface area (Å²) in [5.41, 5.74) is 2.81. The van der Waals surface area contributed by atoms with Crippen molar-refractivity contribution in [1.82, 2.24) is 20.2 Å². The molecule has 0 fully saturated rings. The lowest BCUT2D eigenvalue weighted by molar-refractivity contribution is -0.394. The molecule has 0 spiro atoms. The largest absolute Gasteiger partial charge is 0.490 e. The fraction of sp³-hybridized carbons (Fsp3) is 0.0909. The first kappa shape index (κ1) is 15.9. The highest BCUT2D eigenvalue weighted by Crippen LogP contribution is 2.19. The van der Waals surface area contributed by atoms with Crippen LogP contribution in [0.3, 0.4) is 0 Å². The molecule has 0 saturated carbocycles. The van der Waals surface area contributed by atoms with E-state index >= 15 is 0 Å². The van der Waals surface area contributed by atoms with E-state index in [0.29, 0.717) is 15.6 Å². The average molecular weight is 343 g/mol. The van der Waals surface area contributed by atoms with Crippen LogP contribution >= 0.6 is 23.2 Å². The number of nitrogens with zero attached hydrogens (tertiary/aromatic N) is 5. The van der Waals surface area contributed by atoms with E-state index in [1.54, 1.807) is 18.2 Å². The Bertz CT molecular complexity index is 745. The number of rotatable bonds is 5. The highest BCUT2D eigenvalue weighted by atomic mass is 35.5. The van der Waals surface area contributed by atoms with E-state index in [1.807, 2.05) is 0 Å². The molecule has 1 N–H and O–H groups in total. The number of hydrogen-bond acceptors (Lipinski definition) is 6. The molecule has 0 aliphatic rings. The van der Waals surface area contributed by atoms with Gasteiger partial charge in [0.15, 0.2) is 0 Å². The summed E-state index contributed by atoms with van der Waals surface area (Å²) in [6.07, 6.45) is 2.43. The van der Waals surface area contributed by atoms with Gasteiger partial charge >= 0.3 is 5.95 Å². The van der Waals surface area contributed by atoms with E-state index in [0.717, 1.165) is 11.0 Å². The predicted molar refractivity (Wildman–Crippen MR) is 78.9 cm³/mol. The Balaban J connectivity index is 1.91. The number of amides is 1. The van der Waals surface area contributed by atoms with Gasteiger partial charge in [-0.2, -0.15) is 9.78 Å². The molecule has 2 rings (SSSR count). The minimum atomic E-state index is -0.755. The zero-order valence-electron chi connectivity index (χ0n) is 10.8. The van der Waals surface area contributed by atoms with E-state index in [2.05, 4.69) is 20.6 Å². The summed E-state index contributed by atoms with van der Waals surface area (Å²) in [6.45, 7) is -0.257. The Kier molecular flexibility index (Phi) is 5.02. The van der Waals surface area contributed by atoms with Gasteiger partial charge in [-0.3, -0.25) is 4.79 Å². The van der Waals surface area contributed by atoms with E-state index in [-0.39, 0.29) is 6.54 Å². The molecule has 114 valence electrons. The summed E-state index contributed by atoms with van der Waals surface area (Å²) >= 11 is 11.7. The number of carbonyl (C=O) groups excluding carboxylic acids is 1. The van der Waals surface area contributed by atoms with Crippen LogP contribution in [0.15, 0.2) is 29.6 Å². The van der Waals surface area contributed by atoms with Gasteiger partial charge in [-0.1, -0.05) is 34.3 Å². The van der Waals surface area contributed by atoms with Gasteiger partial charge in [0.2, 0.25) is 6.33 Å². The quantitative estimate of drug-likeness (QED) is 0.503. The molecular formula is C11H8Cl2N6O3. The fourth-order valence-electron chi connectivity index (χ4n) is 1.41. The van der Waals surface area contributed by atoms with Crippen molar-refractivity contribution in [3.8, 4) is 0 Å². The van der Waals surface area contributed by atoms with Gasteiger partial charge < -0.3 is 10.1 Å². The van der Waals surface area contributed by atoms with Crippen LogP contribution in [0, 0.1) is 10.1 Å². The van der Waals surface area contributed by atoms with Gasteiger partial charge in [-0.15, -0.1) is 0 Å². The van der Waals surface area contributed by atoms with Crippen LogP contribution in [-0.2, 0) is 11.3 Å². The number of aromatic nitrogens is 3. The average Bonchev–Trinajstić information content (AvgIpc) is 2.90. The number of halogens is 2. The van der Waals surface area contributed by atoms with Gasteiger partial charge in [-0.25, -0.2) is 5.43 Å². The summed E-state index contributed by atoms with van der Waals surface area (Å²) in [4.78, 5) is 24.7. The molecule has 0 saturated heterocycles. The van der Waals surface area contributed by atoms with Gasteiger partial charge in [0.25, 0.3) is 5.91 Å². The van der Waals surface area contributed by atoms with E-state index in [1.165, 1.54) is 6.21 Å². The molecule has 1 heterocycles. The Morgan fingerprint density at radius 1 is 1.50 bits per heavy atom.